The van der Waals surface area contributed by atoms with Crippen molar-refractivity contribution in [3.63, 3.8) is 0 Å². The van der Waals surface area contributed by atoms with Crippen molar-refractivity contribution in [3.8, 4) is 0 Å². The van der Waals surface area contributed by atoms with Crippen molar-refractivity contribution in [1.82, 2.24) is 5.32 Å². The van der Waals surface area contributed by atoms with E-state index in [0.717, 1.165) is 13.0 Å². The highest BCUT2D eigenvalue weighted by Gasteiger charge is 2.60. The average molecular weight is 141 g/mol. The van der Waals surface area contributed by atoms with Gasteiger partial charge in [0.2, 0.25) is 0 Å². The van der Waals surface area contributed by atoms with E-state index in [1.807, 2.05) is 0 Å². The van der Waals surface area contributed by atoms with Gasteiger partial charge in [0.15, 0.2) is 0 Å². The molecule has 10 heavy (non-hydrogen) atoms. The van der Waals surface area contributed by atoms with Crippen LogP contribution < -0.4 is 5.32 Å². The number of carboxylic acid groups (broad SMARTS) is 1. The molecule has 0 aromatic carbocycles. The zero-order valence-electron chi connectivity index (χ0n) is 5.92. The van der Waals surface area contributed by atoms with Crippen LogP contribution in [-0.4, -0.2) is 23.7 Å². The summed E-state index contributed by atoms with van der Waals surface area (Å²) in [6, 6.07) is -0.259. The van der Waals surface area contributed by atoms with E-state index in [2.05, 4.69) is 12.2 Å². The zero-order chi connectivity index (χ0) is 7.35. The molecule has 0 unspecified atom stereocenters. The van der Waals surface area contributed by atoms with Gasteiger partial charge in [-0.2, -0.15) is 0 Å². The minimum atomic E-state index is -0.689. The normalized spacial score (nSPS) is 50.5. The van der Waals surface area contributed by atoms with Gasteiger partial charge in [-0.3, -0.25) is 4.79 Å². The smallest absolute Gasteiger partial charge is 0.321 e. The maximum absolute atomic E-state index is 10.5. The Morgan fingerprint density at radius 2 is 2.50 bits per heavy atom. The number of nitrogens with one attached hydrogen (secondary N) is 1. The Kier molecular flexibility index (Phi) is 0.944. The SMILES string of the molecule is C[C@]12CN[C@H](C(=O)O)[C@H]1C2. The van der Waals surface area contributed by atoms with E-state index in [1.54, 1.807) is 0 Å². The summed E-state index contributed by atoms with van der Waals surface area (Å²) in [5, 5.41) is 11.7. The highest BCUT2D eigenvalue weighted by molar-refractivity contribution is 5.75. The summed E-state index contributed by atoms with van der Waals surface area (Å²) in [7, 11) is 0. The molecule has 0 aromatic rings. The molecule has 1 aliphatic heterocycles. The van der Waals surface area contributed by atoms with Gasteiger partial charge in [0.25, 0.3) is 0 Å². The van der Waals surface area contributed by atoms with E-state index in [1.165, 1.54) is 0 Å². The van der Waals surface area contributed by atoms with Crippen molar-refractivity contribution in [3.05, 3.63) is 0 Å². The molecule has 2 N–H and O–H groups in total. The first kappa shape index (κ1) is 6.16. The summed E-state index contributed by atoms with van der Waals surface area (Å²) in [6.07, 6.45) is 1.09. The van der Waals surface area contributed by atoms with Crippen LogP contribution in [0.1, 0.15) is 13.3 Å². The van der Waals surface area contributed by atoms with Crippen LogP contribution in [0.15, 0.2) is 0 Å². The molecule has 2 fully saturated rings. The average Bonchev–Trinajstić information content (AvgIpc) is 2.36. The van der Waals surface area contributed by atoms with E-state index < -0.39 is 5.97 Å². The van der Waals surface area contributed by atoms with Gasteiger partial charge in [-0.05, 0) is 17.8 Å². The van der Waals surface area contributed by atoms with E-state index in [4.69, 9.17) is 5.11 Å². The Balaban J connectivity index is 2.11. The lowest BCUT2D eigenvalue weighted by Gasteiger charge is -2.05. The summed E-state index contributed by atoms with van der Waals surface area (Å²) in [5.41, 5.74) is 0.322. The van der Waals surface area contributed by atoms with Gasteiger partial charge < -0.3 is 10.4 Å². The zero-order valence-corrected chi connectivity index (χ0v) is 5.92. The summed E-state index contributed by atoms with van der Waals surface area (Å²) >= 11 is 0. The van der Waals surface area contributed by atoms with Crippen LogP contribution in [-0.2, 0) is 4.79 Å². The van der Waals surface area contributed by atoms with Crippen molar-refractivity contribution in [2.24, 2.45) is 11.3 Å². The molecule has 2 rings (SSSR count). The van der Waals surface area contributed by atoms with Gasteiger partial charge in [-0.25, -0.2) is 0 Å². The van der Waals surface area contributed by atoms with Gasteiger partial charge >= 0.3 is 5.97 Å². The number of piperidine rings is 1. The molecule has 0 aromatic heterocycles. The van der Waals surface area contributed by atoms with Gasteiger partial charge in [-0.15, -0.1) is 0 Å². The van der Waals surface area contributed by atoms with Crippen LogP contribution in [0.25, 0.3) is 0 Å². The Morgan fingerprint density at radius 3 is 2.70 bits per heavy atom. The second-order valence-corrected chi connectivity index (χ2v) is 3.66. The number of hydrogen-bond acceptors (Lipinski definition) is 2. The summed E-state index contributed by atoms with van der Waals surface area (Å²) in [5.74, 6) is -0.281. The predicted octanol–water partition coefficient (Wildman–Crippen LogP) is 0.0690. The molecule has 56 valence electrons. The fourth-order valence-corrected chi connectivity index (χ4v) is 1.91. The fourth-order valence-electron chi connectivity index (χ4n) is 1.91. The number of carboxylic acids is 1. The first-order valence-electron chi connectivity index (χ1n) is 3.60. The van der Waals surface area contributed by atoms with Crippen molar-refractivity contribution in [2.45, 2.75) is 19.4 Å². The van der Waals surface area contributed by atoms with Gasteiger partial charge in [0.05, 0.1) is 0 Å². The molecule has 3 heteroatoms. The summed E-state index contributed by atoms with van der Waals surface area (Å²) in [6.45, 7) is 3.03. The molecule has 0 bridgehead atoms. The van der Waals surface area contributed by atoms with Gasteiger partial charge in [0.1, 0.15) is 6.04 Å². The standard InChI is InChI=1S/C7H11NO2/c1-7-2-4(7)5(6(9)10)8-3-7/h4-5,8H,2-3H2,1H3,(H,9,10)/t4-,5+,7+/m1/s1. The van der Waals surface area contributed by atoms with Crippen LogP contribution in [0.4, 0.5) is 0 Å². The Hall–Kier alpha value is -0.570. The quantitative estimate of drug-likeness (QED) is 0.543. The summed E-state index contributed by atoms with van der Waals surface area (Å²) in [4.78, 5) is 10.5. The molecule has 0 spiro atoms. The molecule has 2 aliphatic rings. The van der Waals surface area contributed by atoms with E-state index in [0.29, 0.717) is 11.3 Å². The molecule has 0 amide bonds. The van der Waals surface area contributed by atoms with E-state index in [-0.39, 0.29) is 6.04 Å². The van der Waals surface area contributed by atoms with E-state index in [9.17, 15) is 4.79 Å². The lowest BCUT2D eigenvalue weighted by atomic mass is 10.1. The number of carbonyl (C=O) groups is 1. The number of fused-ring (bicyclic) bond motifs is 1. The highest BCUT2D eigenvalue weighted by atomic mass is 16.4. The third-order valence-electron chi connectivity index (χ3n) is 2.82. The minimum Gasteiger partial charge on any atom is -0.480 e. The van der Waals surface area contributed by atoms with Crippen LogP contribution in [0, 0.1) is 11.3 Å². The monoisotopic (exact) mass is 141 g/mol. The first-order chi connectivity index (χ1) is 4.63. The Labute approximate surface area is 59.4 Å². The number of aliphatic carboxylic acids is 1. The molecule has 1 saturated carbocycles. The minimum absolute atomic E-state index is 0.259. The molecule has 1 saturated heterocycles. The van der Waals surface area contributed by atoms with Crippen molar-refractivity contribution in [2.75, 3.05) is 6.54 Å². The predicted molar refractivity (Wildman–Crippen MR) is 35.6 cm³/mol. The Bertz CT molecular complexity index is 192. The van der Waals surface area contributed by atoms with E-state index >= 15 is 0 Å². The van der Waals surface area contributed by atoms with Crippen molar-refractivity contribution in [1.29, 1.82) is 0 Å². The van der Waals surface area contributed by atoms with Crippen molar-refractivity contribution < 1.29 is 9.90 Å². The van der Waals surface area contributed by atoms with Crippen LogP contribution in [0.3, 0.4) is 0 Å². The third-order valence-corrected chi connectivity index (χ3v) is 2.82. The van der Waals surface area contributed by atoms with Crippen molar-refractivity contribution >= 4 is 5.97 Å². The molecule has 3 atom stereocenters. The highest BCUT2D eigenvalue weighted by Crippen LogP contribution is 2.57. The number of hydrogen-bond donors (Lipinski definition) is 2. The van der Waals surface area contributed by atoms with Gasteiger partial charge in [-0.1, -0.05) is 6.92 Å². The molecular formula is C7H11NO2. The Morgan fingerprint density at radius 1 is 1.80 bits per heavy atom. The lowest BCUT2D eigenvalue weighted by Crippen LogP contribution is -2.34. The first-order valence-corrected chi connectivity index (χ1v) is 3.60. The third kappa shape index (κ3) is 0.611. The molecule has 1 aliphatic carbocycles. The topological polar surface area (TPSA) is 49.3 Å². The second kappa shape index (κ2) is 1.53. The summed E-state index contributed by atoms with van der Waals surface area (Å²) < 4.78 is 0. The molecular weight excluding hydrogens is 130 g/mol. The number of rotatable bonds is 1. The van der Waals surface area contributed by atoms with Crippen LogP contribution in [0.2, 0.25) is 0 Å². The molecule has 0 radical (unpaired) electrons. The lowest BCUT2D eigenvalue weighted by molar-refractivity contribution is -0.139. The molecule has 3 nitrogen and oxygen atoms in total. The largest absolute Gasteiger partial charge is 0.480 e. The maximum atomic E-state index is 10.5. The second-order valence-electron chi connectivity index (χ2n) is 3.66. The fraction of sp³-hybridized carbons (Fsp3) is 0.857. The maximum Gasteiger partial charge on any atom is 0.321 e. The van der Waals surface area contributed by atoms with Crippen LogP contribution in [0.5, 0.6) is 0 Å². The van der Waals surface area contributed by atoms with Crippen LogP contribution >= 0.6 is 0 Å². The van der Waals surface area contributed by atoms with Gasteiger partial charge in [0, 0.05) is 6.54 Å². The molecule has 1 heterocycles.